The second kappa shape index (κ2) is 6.60. The first kappa shape index (κ1) is 18.2. The number of aryl methyl sites for hydroxylation is 1. The molecule has 0 unspecified atom stereocenters. The van der Waals surface area contributed by atoms with Gasteiger partial charge >= 0.3 is 12.1 Å². The van der Waals surface area contributed by atoms with E-state index in [-0.39, 0.29) is 17.6 Å². The Bertz CT molecular complexity index is 879. The van der Waals surface area contributed by atoms with Crippen LogP contribution in [0.2, 0.25) is 0 Å². The van der Waals surface area contributed by atoms with Gasteiger partial charge in [-0.3, -0.25) is 14.9 Å². The number of hydrogen-bond donors (Lipinski definition) is 1. The maximum atomic E-state index is 12.4. The molecule has 3 rings (SSSR count). The number of thiazole rings is 1. The average molecular weight is 385 g/mol. The molecule has 1 N–H and O–H groups in total. The van der Waals surface area contributed by atoms with E-state index in [1.807, 2.05) is 6.92 Å². The van der Waals surface area contributed by atoms with Crippen LogP contribution in [0.15, 0.2) is 18.2 Å². The van der Waals surface area contributed by atoms with Gasteiger partial charge in [0.25, 0.3) is 5.91 Å². The Morgan fingerprint density at radius 2 is 2.15 bits per heavy atom. The van der Waals surface area contributed by atoms with Gasteiger partial charge in [0, 0.05) is 17.0 Å². The number of anilines is 2. The van der Waals surface area contributed by atoms with Crippen LogP contribution >= 0.6 is 11.3 Å². The minimum atomic E-state index is -4.98. The van der Waals surface area contributed by atoms with Crippen molar-refractivity contribution < 1.29 is 27.5 Å². The van der Waals surface area contributed by atoms with E-state index in [4.69, 9.17) is 4.74 Å². The average Bonchev–Trinajstić information content (AvgIpc) is 2.93. The second-order valence-corrected chi connectivity index (χ2v) is 6.69. The number of carbonyl (C=O) groups is 2. The summed E-state index contributed by atoms with van der Waals surface area (Å²) in [7, 11) is 0. The number of benzene rings is 1. The molecule has 0 bridgehead atoms. The molecule has 0 aliphatic carbocycles. The molecule has 6 nitrogen and oxygen atoms in total. The van der Waals surface area contributed by atoms with Crippen molar-refractivity contribution in [1.29, 1.82) is 0 Å². The summed E-state index contributed by atoms with van der Waals surface area (Å²) >= 11 is 0.943. The third kappa shape index (κ3) is 3.36. The number of aromatic nitrogens is 1. The first-order valence-electron chi connectivity index (χ1n) is 7.64. The fourth-order valence-corrected chi connectivity index (χ4v) is 3.41. The number of halogens is 3. The number of nitrogens with zero attached hydrogens (tertiary/aromatic N) is 2. The van der Waals surface area contributed by atoms with Crippen molar-refractivity contribution in [2.24, 2.45) is 0 Å². The Morgan fingerprint density at radius 3 is 2.81 bits per heavy atom. The van der Waals surface area contributed by atoms with E-state index in [1.165, 1.54) is 0 Å². The molecule has 2 heterocycles. The van der Waals surface area contributed by atoms with Crippen molar-refractivity contribution in [3.05, 3.63) is 23.1 Å². The quantitative estimate of drug-likeness (QED) is 0.880. The van der Waals surface area contributed by atoms with Crippen LogP contribution in [0.4, 0.5) is 24.0 Å². The van der Waals surface area contributed by atoms with E-state index in [9.17, 15) is 22.8 Å². The smallest absolute Gasteiger partial charge is 0.471 e. The Hall–Kier alpha value is -2.62. The van der Waals surface area contributed by atoms with E-state index in [1.54, 1.807) is 35.3 Å². The van der Waals surface area contributed by atoms with Crippen molar-refractivity contribution in [2.45, 2.75) is 20.0 Å². The minimum Gasteiger partial charge on any atom is -0.482 e. The third-order valence-corrected chi connectivity index (χ3v) is 4.65. The molecule has 0 spiro atoms. The summed E-state index contributed by atoms with van der Waals surface area (Å²) in [5.74, 6) is -1.70. The van der Waals surface area contributed by atoms with Crippen LogP contribution in [-0.4, -0.2) is 36.1 Å². The van der Waals surface area contributed by atoms with Crippen molar-refractivity contribution >= 4 is 34.0 Å². The number of hydrogen-bond acceptors (Lipinski definition) is 5. The van der Waals surface area contributed by atoms with Crippen LogP contribution in [0.3, 0.4) is 0 Å². The Balaban J connectivity index is 1.94. The monoisotopic (exact) mass is 385 g/mol. The molecule has 2 amide bonds. The van der Waals surface area contributed by atoms with Gasteiger partial charge in [0.05, 0.1) is 11.4 Å². The summed E-state index contributed by atoms with van der Waals surface area (Å²) < 4.78 is 42.6. The SMILES string of the molecule is CCN1C(=O)COc2ccc(-c3nc(NC(=O)C(F)(F)F)sc3C)cc21. The van der Waals surface area contributed by atoms with Crippen molar-refractivity contribution in [3.63, 3.8) is 0 Å². The molecule has 0 saturated carbocycles. The Kier molecular flexibility index (Phi) is 4.61. The first-order chi connectivity index (χ1) is 12.2. The van der Waals surface area contributed by atoms with Crippen LogP contribution in [0.5, 0.6) is 5.75 Å². The molecule has 26 heavy (non-hydrogen) atoms. The van der Waals surface area contributed by atoms with Crippen LogP contribution in [0.25, 0.3) is 11.3 Å². The maximum Gasteiger partial charge on any atom is 0.471 e. The number of amides is 2. The highest BCUT2D eigenvalue weighted by molar-refractivity contribution is 7.16. The lowest BCUT2D eigenvalue weighted by molar-refractivity contribution is -0.167. The predicted molar refractivity (Wildman–Crippen MR) is 90.5 cm³/mol. The Morgan fingerprint density at radius 1 is 1.42 bits per heavy atom. The van der Waals surface area contributed by atoms with Crippen molar-refractivity contribution in [1.82, 2.24) is 4.98 Å². The summed E-state index contributed by atoms with van der Waals surface area (Å²) in [6.07, 6.45) is -4.98. The molecule has 0 radical (unpaired) electrons. The first-order valence-corrected chi connectivity index (χ1v) is 8.45. The lowest BCUT2D eigenvalue weighted by Crippen LogP contribution is -2.38. The van der Waals surface area contributed by atoms with Gasteiger partial charge in [-0.25, -0.2) is 4.98 Å². The number of carbonyl (C=O) groups excluding carboxylic acids is 2. The van der Waals surface area contributed by atoms with Gasteiger partial charge in [-0.2, -0.15) is 13.2 Å². The molecular formula is C16H14F3N3O3S. The molecule has 1 aliphatic rings. The van der Waals surface area contributed by atoms with Crippen LogP contribution in [-0.2, 0) is 9.59 Å². The molecule has 0 atom stereocenters. The second-order valence-electron chi connectivity index (χ2n) is 5.48. The number of nitrogens with one attached hydrogen (secondary N) is 1. The molecule has 0 saturated heterocycles. The number of likely N-dealkylation sites (N-methyl/N-ethyl adjacent to an activating group) is 1. The molecule has 1 aliphatic heterocycles. The Labute approximate surface area is 150 Å². The lowest BCUT2D eigenvalue weighted by Gasteiger charge is -2.28. The zero-order chi connectivity index (χ0) is 19.1. The van der Waals surface area contributed by atoms with E-state index in [2.05, 4.69) is 4.98 Å². The van der Waals surface area contributed by atoms with Gasteiger partial charge in [-0.1, -0.05) is 0 Å². The topological polar surface area (TPSA) is 71.5 Å². The van der Waals surface area contributed by atoms with Crippen LogP contribution in [0, 0.1) is 6.92 Å². The molecular weight excluding hydrogens is 371 g/mol. The van der Waals surface area contributed by atoms with Gasteiger partial charge in [-0.05, 0) is 32.0 Å². The third-order valence-electron chi connectivity index (χ3n) is 3.77. The molecule has 2 aromatic rings. The number of alkyl halides is 3. The molecule has 138 valence electrons. The van der Waals surface area contributed by atoms with Crippen LogP contribution in [0.1, 0.15) is 11.8 Å². The highest BCUT2D eigenvalue weighted by Crippen LogP contribution is 2.38. The van der Waals surface area contributed by atoms with Crippen molar-refractivity contribution in [3.8, 4) is 17.0 Å². The normalized spacial score (nSPS) is 14.0. The standard InChI is InChI=1S/C16H14F3N3O3S/c1-3-22-10-6-9(4-5-11(10)25-7-12(22)23)13-8(2)26-15(20-13)21-14(24)16(17,18)19/h4-6H,3,7H2,1-2H3,(H,20,21,24). The molecule has 10 heteroatoms. The van der Waals surface area contributed by atoms with E-state index in [0.29, 0.717) is 34.1 Å². The van der Waals surface area contributed by atoms with E-state index in [0.717, 1.165) is 11.3 Å². The van der Waals surface area contributed by atoms with Gasteiger partial charge in [0.2, 0.25) is 0 Å². The predicted octanol–water partition coefficient (Wildman–Crippen LogP) is 3.36. The summed E-state index contributed by atoms with van der Waals surface area (Å²) in [5.41, 5.74) is 1.63. The van der Waals surface area contributed by atoms with Gasteiger partial charge < -0.3 is 9.64 Å². The van der Waals surface area contributed by atoms with Gasteiger partial charge in [0.1, 0.15) is 5.75 Å². The summed E-state index contributed by atoms with van der Waals surface area (Å²) in [5, 5.41) is 1.61. The fraction of sp³-hybridized carbons (Fsp3) is 0.312. The number of rotatable bonds is 3. The molecule has 1 aromatic heterocycles. The van der Waals surface area contributed by atoms with E-state index < -0.39 is 12.1 Å². The number of fused-ring (bicyclic) bond motifs is 1. The fourth-order valence-electron chi connectivity index (χ4n) is 2.58. The minimum absolute atomic E-state index is 0.0382. The lowest BCUT2D eigenvalue weighted by atomic mass is 10.1. The maximum absolute atomic E-state index is 12.4. The molecule has 0 fully saturated rings. The van der Waals surface area contributed by atoms with Crippen molar-refractivity contribution in [2.75, 3.05) is 23.4 Å². The zero-order valence-electron chi connectivity index (χ0n) is 13.8. The number of ether oxygens (including phenoxy) is 1. The summed E-state index contributed by atoms with van der Waals surface area (Å²) in [6.45, 7) is 3.94. The highest BCUT2D eigenvalue weighted by Gasteiger charge is 2.39. The highest BCUT2D eigenvalue weighted by atomic mass is 32.1. The summed E-state index contributed by atoms with van der Waals surface area (Å²) in [6, 6.07) is 5.10. The largest absolute Gasteiger partial charge is 0.482 e. The van der Waals surface area contributed by atoms with Gasteiger partial charge in [-0.15, -0.1) is 11.3 Å². The zero-order valence-corrected chi connectivity index (χ0v) is 14.6. The summed E-state index contributed by atoms with van der Waals surface area (Å²) in [4.78, 5) is 29.3. The van der Waals surface area contributed by atoms with E-state index >= 15 is 0 Å². The molecule has 1 aromatic carbocycles. The van der Waals surface area contributed by atoms with Crippen LogP contribution < -0.4 is 15.0 Å². The van der Waals surface area contributed by atoms with Gasteiger partial charge in [0.15, 0.2) is 11.7 Å².